The van der Waals surface area contributed by atoms with Crippen molar-refractivity contribution in [1.82, 2.24) is 9.78 Å². The molecule has 11 heteroatoms. The Balaban J connectivity index is 2.05. The van der Waals surface area contributed by atoms with Crippen LogP contribution in [0.25, 0.3) is 0 Å². The van der Waals surface area contributed by atoms with Crippen molar-refractivity contribution in [3.05, 3.63) is 46.6 Å². The zero-order valence-electron chi connectivity index (χ0n) is 13.9. The van der Waals surface area contributed by atoms with Gasteiger partial charge in [-0.2, -0.15) is 31.4 Å². The molecule has 0 fully saturated rings. The van der Waals surface area contributed by atoms with Crippen molar-refractivity contribution >= 4 is 11.8 Å². The standard InChI is InChI=1S/C16H13F6N3O2/c1-27-14(26)11-12(16(20,21)22)23-25-7-6-24(13(11)25)8-9-4-2-3-5-10(9)15(17,18)19/h2-5H,6-8H2,1H3. The number of hydrogen-bond donors (Lipinski definition) is 0. The van der Waals surface area contributed by atoms with E-state index in [9.17, 15) is 31.1 Å². The second-order valence-corrected chi connectivity index (χ2v) is 5.84. The van der Waals surface area contributed by atoms with Gasteiger partial charge in [0, 0.05) is 13.1 Å². The summed E-state index contributed by atoms with van der Waals surface area (Å²) in [5.41, 5.74) is -3.23. The average Bonchev–Trinajstić information content (AvgIpc) is 3.13. The lowest BCUT2D eigenvalue weighted by Gasteiger charge is -2.21. The molecule has 0 spiro atoms. The summed E-state index contributed by atoms with van der Waals surface area (Å²) in [5, 5.41) is 3.42. The molecule has 5 nitrogen and oxygen atoms in total. The van der Waals surface area contributed by atoms with E-state index < -0.39 is 35.1 Å². The Morgan fingerprint density at radius 2 is 1.78 bits per heavy atom. The molecule has 0 radical (unpaired) electrons. The third-order valence-electron chi connectivity index (χ3n) is 4.15. The van der Waals surface area contributed by atoms with Crippen LogP contribution >= 0.6 is 0 Å². The Labute approximate surface area is 149 Å². The summed E-state index contributed by atoms with van der Waals surface area (Å²) in [5.74, 6) is -1.45. The Bertz CT molecular complexity index is 872. The number of carbonyl (C=O) groups excluding carboxylic acids is 1. The van der Waals surface area contributed by atoms with Gasteiger partial charge in [0.25, 0.3) is 0 Å². The maximum Gasteiger partial charge on any atom is 0.436 e. The van der Waals surface area contributed by atoms with Crippen molar-refractivity contribution in [2.24, 2.45) is 0 Å². The third-order valence-corrected chi connectivity index (χ3v) is 4.15. The molecule has 0 atom stereocenters. The highest BCUT2D eigenvalue weighted by Gasteiger charge is 2.44. The van der Waals surface area contributed by atoms with Crippen molar-refractivity contribution < 1.29 is 35.9 Å². The van der Waals surface area contributed by atoms with Gasteiger partial charge in [-0.15, -0.1) is 0 Å². The predicted octanol–water partition coefficient (Wildman–Crippen LogP) is 3.73. The molecule has 2 aromatic rings. The predicted molar refractivity (Wildman–Crippen MR) is 81.1 cm³/mol. The van der Waals surface area contributed by atoms with Gasteiger partial charge in [0.1, 0.15) is 11.4 Å². The number of nitrogens with zero attached hydrogens (tertiary/aromatic N) is 3. The summed E-state index contributed by atoms with van der Waals surface area (Å²) in [4.78, 5) is 13.2. The maximum atomic E-state index is 13.2. The molecule has 2 heterocycles. The Hall–Kier alpha value is -2.72. The molecule has 1 aromatic carbocycles. The minimum atomic E-state index is -4.91. The van der Waals surface area contributed by atoms with E-state index in [0.717, 1.165) is 17.9 Å². The average molecular weight is 393 g/mol. The summed E-state index contributed by atoms with van der Waals surface area (Å²) in [6.45, 7) is -0.219. The van der Waals surface area contributed by atoms with E-state index in [1.54, 1.807) is 0 Å². The summed E-state index contributed by atoms with van der Waals surface area (Å²) < 4.78 is 84.6. The van der Waals surface area contributed by atoms with E-state index in [4.69, 9.17) is 0 Å². The lowest BCUT2D eigenvalue weighted by Crippen LogP contribution is -2.25. The zero-order valence-corrected chi connectivity index (χ0v) is 13.9. The second kappa shape index (κ2) is 6.46. The minimum absolute atomic E-state index is 0.00356. The molecule has 146 valence electrons. The quantitative estimate of drug-likeness (QED) is 0.589. The molecule has 0 N–H and O–H groups in total. The SMILES string of the molecule is COC(=O)c1c(C(F)(F)F)nn2c1N(Cc1ccccc1C(F)(F)F)CC2. The van der Waals surface area contributed by atoms with Gasteiger partial charge < -0.3 is 9.64 Å². The van der Waals surface area contributed by atoms with Crippen LogP contribution in [0.15, 0.2) is 24.3 Å². The van der Waals surface area contributed by atoms with E-state index in [-0.39, 0.29) is 31.0 Å². The fraction of sp³-hybridized carbons (Fsp3) is 0.375. The Morgan fingerprint density at radius 3 is 2.37 bits per heavy atom. The fourth-order valence-corrected chi connectivity index (χ4v) is 3.03. The molecule has 0 saturated heterocycles. The topological polar surface area (TPSA) is 47.4 Å². The van der Waals surface area contributed by atoms with Gasteiger partial charge in [-0.3, -0.25) is 0 Å². The van der Waals surface area contributed by atoms with Crippen LogP contribution in [0.5, 0.6) is 0 Å². The molecular weight excluding hydrogens is 380 g/mol. The van der Waals surface area contributed by atoms with E-state index in [0.29, 0.717) is 0 Å². The third kappa shape index (κ3) is 3.45. The molecule has 0 unspecified atom stereocenters. The first-order valence-electron chi connectivity index (χ1n) is 7.70. The summed E-state index contributed by atoms with van der Waals surface area (Å²) in [6.07, 6.45) is -9.52. The molecule has 0 aliphatic carbocycles. The highest BCUT2D eigenvalue weighted by molar-refractivity contribution is 5.96. The first-order valence-corrected chi connectivity index (χ1v) is 7.70. The van der Waals surface area contributed by atoms with Crippen LogP contribution < -0.4 is 4.90 Å². The van der Waals surface area contributed by atoms with E-state index in [1.807, 2.05) is 0 Å². The largest absolute Gasteiger partial charge is 0.465 e. The molecular formula is C16H13F6N3O2. The number of anilines is 1. The number of aromatic nitrogens is 2. The molecule has 0 saturated carbocycles. The summed E-state index contributed by atoms with van der Waals surface area (Å²) in [7, 11) is 0.921. The number of alkyl halides is 6. The number of esters is 1. The second-order valence-electron chi connectivity index (χ2n) is 5.84. The zero-order chi connectivity index (χ0) is 20.0. The molecule has 1 aliphatic rings. The van der Waals surface area contributed by atoms with Crippen LogP contribution in [0.4, 0.5) is 32.2 Å². The van der Waals surface area contributed by atoms with Crippen molar-refractivity contribution in [3.63, 3.8) is 0 Å². The van der Waals surface area contributed by atoms with Crippen LogP contribution in [0.1, 0.15) is 27.2 Å². The Kier molecular flexibility index (Phi) is 4.56. The van der Waals surface area contributed by atoms with Gasteiger partial charge in [-0.05, 0) is 11.6 Å². The number of methoxy groups -OCH3 is 1. The van der Waals surface area contributed by atoms with Crippen LogP contribution in [-0.2, 0) is 30.2 Å². The number of rotatable bonds is 3. The van der Waals surface area contributed by atoms with Gasteiger partial charge in [0.2, 0.25) is 0 Å². The lowest BCUT2D eigenvalue weighted by molar-refractivity contribution is -0.142. The molecule has 0 bridgehead atoms. The van der Waals surface area contributed by atoms with Gasteiger partial charge >= 0.3 is 18.3 Å². The van der Waals surface area contributed by atoms with Crippen molar-refractivity contribution in [2.45, 2.75) is 25.4 Å². The number of hydrogen-bond acceptors (Lipinski definition) is 4. The van der Waals surface area contributed by atoms with Crippen molar-refractivity contribution in [2.75, 3.05) is 18.6 Å². The van der Waals surface area contributed by atoms with Gasteiger partial charge in [-0.25, -0.2) is 9.48 Å². The molecule has 3 rings (SSSR count). The smallest absolute Gasteiger partial charge is 0.436 e. The van der Waals surface area contributed by atoms with E-state index in [1.165, 1.54) is 23.1 Å². The number of halogens is 6. The first-order chi connectivity index (χ1) is 12.5. The number of fused-ring (bicyclic) bond motifs is 1. The highest BCUT2D eigenvalue weighted by Crippen LogP contribution is 2.40. The van der Waals surface area contributed by atoms with Gasteiger partial charge in [0.15, 0.2) is 5.69 Å². The fourth-order valence-electron chi connectivity index (χ4n) is 3.03. The molecule has 0 amide bonds. The van der Waals surface area contributed by atoms with Crippen molar-refractivity contribution in [1.29, 1.82) is 0 Å². The Morgan fingerprint density at radius 1 is 1.11 bits per heavy atom. The summed E-state index contributed by atoms with van der Waals surface area (Å²) in [6, 6.07) is 4.76. The van der Waals surface area contributed by atoms with Crippen LogP contribution in [0.2, 0.25) is 0 Å². The van der Waals surface area contributed by atoms with Crippen LogP contribution in [-0.4, -0.2) is 29.4 Å². The maximum absolute atomic E-state index is 13.2. The van der Waals surface area contributed by atoms with E-state index >= 15 is 0 Å². The van der Waals surface area contributed by atoms with E-state index in [2.05, 4.69) is 9.84 Å². The first kappa shape index (κ1) is 19.1. The molecule has 1 aliphatic heterocycles. The number of carbonyl (C=O) groups is 1. The van der Waals surface area contributed by atoms with Crippen LogP contribution in [0, 0.1) is 0 Å². The monoisotopic (exact) mass is 393 g/mol. The minimum Gasteiger partial charge on any atom is -0.465 e. The molecule has 1 aromatic heterocycles. The normalized spacial score (nSPS) is 14.4. The lowest BCUT2D eigenvalue weighted by atomic mass is 10.1. The number of benzene rings is 1. The van der Waals surface area contributed by atoms with Crippen molar-refractivity contribution in [3.8, 4) is 0 Å². The van der Waals surface area contributed by atoms with Crippen LogP contribution in [0.3, 0.4) is 0 Å². The molecule has 27 heavy (non-hydrogen) atoms. The summed E-state index contributed by atoms with van der Waals surface area (Å²) >= 11 is 0. The van der Waals surface area contributed by atoms with Gasteiger partial charge in [-0.1, -0.05) is 18.2 Å². The highest BCUT2D eigenvalue weighted by atomic mass is 19.4. The number of ether oxygens (including phenoxy) is 1. The van der Waals surface area contributed by atoms with Gasteiger partial charge in [0.05, 0.1) is 19.2 Å².